The summed E-state index contributed by atoms with van der Waals surface area (Å²) in [6, 6.07) is 13.7. The number of hydrogen-bond donors (Lipinski definition) is 3. The van der Waals surface area contributed by atoms with Gasteiger partial charge in [-0.2, -0.15) is 0 Å². The van der Waals surface area contributed by atoms with Gasteiger partial charge in [0, 0.05) is 28.4 Å². The highest BCUT2D eigenvalue weighted by Crippen LogP contribution is 2.25. The zero-order valence-electron chi connectivity index (χ0n) is 15.7. The van der Waals surface area contributed by atoms with E-state index in [-0.39, 0.29) is 12.6 Å². The zero-order valence-corrected chi connectivity index (χ0v) is 16.5. The molecule has 0 aliphatic carbocycles. The highest BCUT2D eigenvalue weighted by atomic mass is 32.1. The predicted molar refractivity (Wildman–Crippen MR) is 109 cm³/mol. The highest BCUT2D eigenvalue weighted by molar-refractivity contribution is 7.13. The first-order valence-corrected chi connectivity index (χ1v) is 9.85. The van der Waals surface area contributed by atoms with E-state index < -0.39 is 12.1 Å². The fourth-order valence-corrected chi connectivity index (χ4v) is 3.54. The minimum Gasteiger partial charge on any atom is -0.491 e. The second kappa shape index (κ2) is 10.9. The van der Waals surface area contributed by atoms with Crippen LogP contribution in [-0.4, -0.2) is 41.5 Å². The van der Waals surface area contributed by atoms with Crippen LogP contribution in [0.25, 0.3) is 5.57 Å². The smallest absolute Gasteiger partial charge is 0.328 e. The Morgan fingerprint density at radius 2 is 2.00 bits per heavy atom. The van der Waals surface area contributed by atoms with Gasteiger partial charge in [-0.25, -0.2) is 4.79 Å². The summed E-state index contributed by atoms with van der Waals surface area (Å²) in [5.74, 6) is -0.166. The summed E-state index contributed by atoms with van der Waals surface area (Å²) in [4.78, 5) is 13.0. The number of rotatable bonds is 11. The third-order valence-corrected chi connectivity index (χ3v) is 5.38. The number of hydrogen-bond acceptors (Lipinski definition) is 5. The molecule has 0 fully saturated rings. The Balaban J connectivity index is 1.68. The Morgan fingerprint density at radius 3 is 2.70 bits per heavy atom. The molecule has 6 heteroatoms. The SMILES string of the molecule is C/C(=C\C(=O)O)c1ccc(CCC(C)NCC(O)COc2ccccc2)s1. The number of carboxylic acid groups (broad SMARTS) is 1. The Hall–Kier alpha value is -2.15. The van der Waals surface area contributed by atoms with Gasteiger partial charge in [-0.15, -0.1) is 11.3 Å². The second-order valence-electron chi connectivity index (χ2n) is 6.56. The van der Waals surface area contributed by atoms with Crippen molar-refractivity contribution >= 4 is 22.9 Å². The number of thiophene rings is 1. The van der Waals surface area contributed by atoms with E-state index in [0.29, 0.717) is 6.54 Å². The number of allylic oxidation sites excluding steroid dienone is 1. The number of aliphatic carboxylic acids is 1. The van der Waals surface area contributed by atoms with Gasteiger partial charge in [-0.1, -0.05) is 18.2 Å². The molecule has 0 bridgehead atoms. The van der Waals surface area contributed by atoms with Crippen molar-refractivity contribution in [3.05, 3.63) is 58.3 Å². The largest absolute Gasteiger partial charge is 0.491 e. The molecule has 1 aromatic carbocycles. The molecule has 1 heterocycles. The predicted octanol–water partition coefficient (Wildman–Crippen LogP) is 3.59. The maximum atomic E-state index is 10.7. The molecule has 2 aromatic rings. The number of benzene rings is 1. The van der Waals surface area contributed by atoms with E-state index in [1.54, 1.807) is 11.3 Å². The molecule has 0 amide bonds. The first kappa shape index (κ1) is 21.2. The van der Waals surface area contributed by atoms with Crippen molar-refractivity contribution in [1.82, 2.24) is 5.32 Å². The lowest BCUT2D eigenvalue weighted by Gasteiger charge is -2.17. The third kappa shape index (κ3) is 7.95. The van der Waals surface area contributed by atoms with Gasteiger partial charge in [0.05, 0.1) is 0 Å². The summed E-state index contributed by atoms with van der Waals surface area (Å²) in [6.45, 7) is 4.64. The second-order valence-corrected chi connectivity index (χ2v) is 7.73. The number of nitrogens with one attached hydrogen (secondary N) is 1. The van der Waals surface area contributed by atoms with E-state index in [1.165, 1.54) is 11.0 Å². The molecule has 0 saturated heterocycles. The average Bonchev–Trinajstić information content (AvgIpc) is 3.12. The van der Waals surface area contributed by atoms with Gasteiger partial charge in [0.2, 0.25) is 0 Å². The highest BCUT2D eigenvalue weighted by Gasteiger charge is 2.10. The number of aliphatic hydroxyl groups is 1. The monoisotopic (exact) mass is 389 g/mol. The molecule has 27 heavy (non-hydrogen) atoms. The van der Waals surface area contributed by atoms with Gasteiger partial charge < -0.3 is 20.3 Å². The van der Waals surface area contributed by atoms with E-state index in [1.807, 2.05) is 43.3 Å². The number of carboxylic acids is 1. The van der Waals surface area contributed by atoms with Crippen molar-refractivity contribution in [2.75, 3.05) is 13.2 Å². The number of carbonyl (C=O) groups is 1. The van der Waals surface area contributed by atoms with Crippen LogP contribution in [0.15, 0.2) is 48.5 Å². The van der Waals surface area contributed by atoms with Crippen molar-refractivity contribution in [2.24, 2.45) is 0 Å². The summed E-state index contributed by atoms with van der Waals surface area (Å²) in [6.07, 6.45) is 2.52. The lowest BCUT2D eigenvalue weighted by Crippen LogP contribution is -2.36. The van der Waals surface area contributed by atoms with Crippen LogP contribution in [0.2, 0.25) is 0 Å². The van der Waals surface area contributed by atoms with E-state index in [2.05, 4.69) is 18.3 Å². The maximum Gasteiger partial charge on any atom is 0.328 e. The summed E-state index contributed by atoms with van der Waals surface area (Å²) < 4.78 is 5.55. The molecular formula is C21H27NO4S. The van der Waals surface area contributed by atoms with Crippen LogP contribution in [0.5, 0.6) is 5.75 Å². The van der Waals surface area contributed by atoms with Crippen LogP contribution in [-0.2, 0) is 11.2 Å². The third-order valence-electron chi connectivity index (χ3n) is 4.10. The number of ether oxygens (including phenoxy) is 1. The lowest BCUT2D eigenvalue weighted by atomic mass is 10.1. The van der Waals surface area contributed by atoms with Gasteiger partial charge >= 0.3 is 5.97 Å². The first-order valence-electron chi connectivity index (χ1n) is 9.03. The lowest BCUT2D eigenvalue weighted by molar-refractivity contribution is -0.131. The van der Waals surface area contributed by atoms with Crippen molar-refractivity contribution in [2.45, 2.75) is 38.8 Å². The molecule has 146 valence electrons. The fraction of sp³-hybridized carbons (Fsp3) is 0.381. The molecule has 2 rings (SSSR count). The van der Waals surface area contributed by atoms with E-state index in [0.717, 1.165) is 29.0 Å². The van der Waals surface area contributed by atoms with Crippen molar-refractivity contribution < 1.29 is 19.7 Å². The Morgan fingerprint density at radius 1 is 1.26 bits per heavy atom. The number of aliphatic hydroxyl groups excluding tert-OH is 1. The van der Waals surface area contributed by atoms with E-state index >= 15 is 0 Å². The minimum atomic E-state index is -0.921. The van der Waals surface area contributed by atoms with Crippen LogP contribution < -0.4 is 10.1 Å². The Bertz CT molecular complexity index is 742. The number of aryl methyl sites for hydroxylation is 1. The molecular weight excluding hydrogens is 362 g/mol. The minimum absolute atomic E-state index is 0.257. The fourth-order valence-electron chi connectivity index (χ4n) is 2.55. The normalized spacial score (nSPS) is 14.0. The molecule has 3 N–H and O–H groups in total. The Labute approximate surface area is 164 Å². The quantitative estimate of drug-likeness (QED) is 0.512. The maximum absolute atomic E-state index is 10.7. The van der Waals surface area contributed by atoms with Crippen LogP contribution in [0.4, 0.5) is 0 Å². The van der Waals surface area contributed by atoms with Crippen molar-refractivity contribution in [1.29, 1.82) is 0 Å². The van der Waals surface area contributed by atoms with Crippen LogP contribution >= 0.6 is 11.3 Å². The van der Waals surface area contributed by atoms with Gasteiger partial charge in [-0.3, -0.25) is 0 Å². The van der Waals surface area contributed by atoms with Crippen molar-refractivity contribution in [3.8, 4) is 5.75 Å². The molecule has 0 aliphatic heterocycles. The molecule has 0 saturated carbocycles. The van der Waals surface area contributed by atoms with Crippen molar-refractivity contribution in [3.63, 3.8) is 0 Å². The van der Waals surface area contributed by atoms with Crippen LogP contribution in [0.1, 0.15) is 30.0 Å². The van der Waals surface area contributed by atoms with Gasteiger partial charge in [-0.05, 0) is 56.5 Å². The van der Waals surface area contributed by atoms with Gasteiger partial charge in [0.15, 0.2) is 0 Å². The van der Waals surface area contributed by atoms with Gasteiger partial charge in [0.25, 0.3) is 0 Å². The first-order chi connectivity index (χ1) is 12.9. The van der Waals surface area contributed by atoms with E-state index in [9.17, 15) is 9.90 Å². The molecule has 2 atom stereocenters. The van der Waals surface area contributed by atoms with E-state index in [4.69, 9.17) is 9.84 Å². The Kier molecular flexibility index (Phi) is 8.51. The number of para-hydroxylation sites is 1. The molecule has 2 unspecified atom stereocenters. The summed E-state index contributed by atoms with van der Waals surface area (Å²) in [5, 5.41) is 22.2. The van der Waals surface area contributed by atoms with Gasteiger partial charge in [0.1, 0.15) is 18.5 Å². The van der Waals surface area contributed by atoms with Crippen LogP contribution in [0.3, 0.4) is 0 Å². The summed E-state index contributed by atoms with van der Waals surface area (Å²) in [5.41, 5.74) is 0.770. The molecule has 0 spiro atoms. The van der Waals surface area contributed by atoms with Crippen LogP contribution in [0, 0.1) is 0 Å². The molecule has 0 radical (unpaired) electrons. The summed E-state index contributed by atoms with van der Waals surface area (Å²) >= 11 is 1.63. The standard InChI is InChI=1S/C21H27NO4S/c1-15(12-21(24)25)20-11-10-19(27-20)9-8-16(2)22-13-17(23)14-26-18-6-4-3-5-7-18/h3-7,10-12,16-17,22-23H,8-9,13-14H2,1-2H3,(H,24,25)/b15-12+. The molecule has 0 aliphatic rings. The topological polar surface area (TPSA) is 78.8 Å². The average molecular weight is 390 g/mol. The molecule has 5 nitrogen and oxygen atoms in total. The molecule has 1 aromatic heterocycles. The zero-order chi connectivity index (χ0) is 19.6. The summed E-state index contributed by atoms with van der Waals surface area (Å²) in [7, 11) is 0.